The molecular formula is C14H19Cl2N3O. The molecule has 1 aliphatic rings. The summed E-state index contributed by atoms with van der Waals surface area (Å²) in [6.07, 6.45) is 2.22. The van der Waals surface area contributed by atoms with Crippen LogP contribution in [0.15, 0.2) is 12.1 Å². The van der Waals surface area contributed by atoms with Gasteiger partial charge in [0, 0.05) is 12.1 Å². The van der Waals surface area contributed by atoms with E-state index in [0.29, 0.717) is 33.8 Å². The number of nitrogen functional groups attached to an aromatic ring is 1. The number of nitrogens with one attached hydrogen (secondary N) is 1. The Kier molecular flexibility index (Phi) is 5.13. The largest absolute Gasteiger partial charge is 0.396 e. The molecule has 0 unspecified atom stereocenters. The van der Waals surface area contributed by atoms with Crippen molar-refractivity contribution in [2.75, 3.05) is 32.4 Å². The maximum absolute atomic E-state index is 12.1. The van der Waals surface area contributed by atoms with Crippen molar-refractivity contribution in [3.05, 3.63) is 27.7 Å². The van der Waals surface area contributed by atoms with Gasteiger partial charge >= 0.3 is 0 Å². The molecule has 1 amide bonds. The number of carbonyl (C=O) groups excluding carboxylic acids is 1. The Morgan fingerprint density at radius 3 is 2.45 bits per heavy atom. The van der Waals surface area contributed by atoms with Crippen LogP contribution in [0.1, 0.15) is 23.2 Å². The van der Waals surface area contributed by atoms with Gasteiger partial charge in [-0.3, -0.25) is 4.79 Å². The lowest BCUT2D eigenvalue weighted by molar-refractivity contribution is 0.0939. The van der Waals surface area contributed by atoms with Crippen LogP contribution in [0.5, 0.6) is 0 Å². The van der Waals surface area contributed by atoms with Gasteiger partial charge in [0.2, 0.25) is 0 Å². The smallest absolute Gasteiger partial charge is 0.251 e. The summed E-state index contributed by atoms with van der Waals surface area (Å²) < 4.78 is 0. The zero-order valence-electron chi connectivity index (χ0n) is 11.5. The van der Waals surface area contributed by atoms with Crippen LogP contribution in [0.25, 0.3) is 0 Å². The minimum Gasteiger partial charge on any atom is -0.396 e. The summed E-state index contributed by atoms with van der Waals surface area (Å²) in [7, 11) is 2.12. The lowest BCUT2D eigenvalue weighted by Crippen LogP contribution is -2.36. The van der Waals surface area contributed by atoms with Crippen LogP contribution in [0.3, 0.4) is 0 Å². The summed E-state index contributed by atoms with van der Waals surface area (Å²) in [5.41, 5.74) is 6.41. The summed E-state index contributed by atoms with van der Waals surface area (Å²) in [6, 6.07) is 3.10. The number of nitrogens with two attached hydrogens (primary N) is 1. The monoisotopic (exact) mass is 315 g/mol. The lowest BCUT2D eigenvalue weighted by Gasteiger charge is -2.28. The van der Waals surface area contributed by atoms with E-state index in [-0.39, 0.29) is 5.91 Å². The molecule has 2 rings (SSSR count). The second-order valence-electron chi connectivity index (χ2n) is 5.31. The van der Waals surface area contributed by atoms with Gasteiger partial charge in [-0.2, -0.15) is 0 Å². The van der Waals surface area contributed by atoms with Crippen molar-refractivity contribution < 1.29 is 4.79 Å². The molecule has 1 heterocycles. The average Bonchev–Trinajstić information content (AvgIpc) is 2.43. The van der Waals surface area contributed by atoms with E-state index in [9.17, 15) is 4.79 Å². The lowest BCUT2D eigenvalue weighted by atomic mass is 9.97. The van der Waals surface area contributed by atoms with E-state index >= 15 is 0 Å². The van der Waals surface area contributed by atoms with Crippen molar-refractivity contribution >= 4 is 34.8 Å². The number of nitrogens with zero attached hydrogens (tertiary/aromatic N) is 1. The van der Waals surface area contributed by atoms with E-state index in [0.717, 1.165) is 25.9 Å². The number of hydrogen-bond donors (Lipinski definition) is 2. The SMILES string of the molecule is CN1CCC(CNC(=O)c2cc(Cl)c(N)c(Cl)c2)CC1. The first-order valence-electron chi connectivity index (χ1n) is 6.68. The van der Waals surface area contributed by atoms with Gasteiger partial charge in [-0.05, 0) is 51.0 Å². The molecule has 0 bridgehead atoms. The number of benzene rings is 1. The Balaban J connectivity index is 1.92. The van der Waals surface area contributed by atoms with Gasteiger partial charge in [-0.15, -0.1) is 0 Å². The predicted octanol–water partition coefficient (Wildman–Crippen LogP) is 2.65. The van der Waals surface area contributed by atoms with Gasteiger partial charge in [-0.25, -0.2) is 0 Å². The van der Waals surface area contributed by atoms with E-state index in [1.165, 1.54) is 0 Å². The van der Waals surface area contributed by atoms with E-state index in [4.69, 9.17) is 28.9 Å². The topological polar surface area (TPSA) is 58.4 Å². The quantitative estimate of drug-likeness (QED) is 0.843. The van der Waals surface area contributed by atoms with Crippen molar-refractivity contribution in [2.45, 2.75) is 12.8 Å². The van der Waals surface area contributed by atoms with Crippen molar-refractivity contribution in [3.63, 3.8) is 0 Å². The number of amides is 1. The van der Waals surface area contributed by atoms with Crippen molar-refractivity contribution in [3.8, 4) is 0 Å². The molecule has 110 valence electrons. The Labute approximate surface area is 129 Å². The van der Waals surface area contributed by atoms with E-state index in [2.05, 4.69) is 17.3 Å². The first kappa shape index (κ1) is 15.4. The Hall–Kier alpha value is -0.970. The highest BCUT2D eigenvalue weighted by atomic mass is 35.5. The van der Waals surface area contributed by atoms with Gasteiger partial charge in [0.15, 0.2) is 0 Å². The third-order valence-electron chi connectivity index (χ3n) is 3.73. The summed E-state index contributed by atoms with van der Waals surface area (Å²) in [6.45, 7) is 2.85. The fourth-order valence-corrected chi connectivity index (χ4v) is 2.81. The van der Waals surface area contributed by atoms with Gasteiger partial charge < -0.3 is 16.0 Å². The highest BCUT2D eigenvalue weighted by Crippen LogP contribution is 2.28. The van der Waals surface area contributed by atoms with Crippen LogP contribution >= 0.6 is 23.2 Å². The molecule has 20 heavy (non-hydrogen) atoms. The summed E-state index contributed by atoms with van der Waals surface area (Å²) in [5, 5.41) is 3.56. The van der Waals surface area contributed by atoms with Crippen LogP contribution in [0, 0.1) is 5.92 Å². The van der Waals surface area contributed by atoms with Crippen LogP contribution < -0.4 is 11.1 Å². The molecular weight excluding hydrogens is 297 g/mol. The van der Waals surface area contributed by atoms with E-state index in [1.807, 2.05) is 0 Å². The molecule has 0 saturated carbocycles. The van der Waals surface area contributed by atoms with Crippen LogP contribution in [0.4, 0.5) is 5.69 Å². The second kappa shape index (κ2) is 6.66. The maximum atomic E-state index is 12.1. The molecule has 6 heteroatoms. The minimum absolute atomic E-state index is 0.160. The number of halogens is 2. The molecule has 1 aliphatic heterocycles. The van der Waals surface area contributed by atoms with Crippen molar-refractivity contribution in [1.82, 2.24) is 10.2 Å². The normalized spacial score (nSPS) is 17.1. The molecule has 1 fully saturated rings. The third kappa shape index (κ3) is 3.78. The van der Waals surface area contributed by atoms with Crippen molar-refractivity contribution in [1.29, 1.82) is 0 Å². The maximum Gasteiger partial charge on any atom is 0.251 e. The summed E-state index contributed by atoms with van der Waals surface area (Å²) >= 11 is 11.9. The zero-order valence-corrected chi connectivity index (χ0v) is 13.0. The predicted molar refractivity (Wildman–Crippen MR) is 83.4 cm³/mol. The molecule has 0 spiro atoms. The number of piperidine rings is 1. The number of rotatable bonds is 3. The molecule has 1 saturated heterocycles. The number of hydrogen-bond acceptors (Lipinski definition) is 3. The molecule has 0 aliphatic carbocycles. The van der Waals surface area contributed by atoms with Gasteiger partial charge in [0.1, 0.15) is 0 Å². The minimum atomic E-state index is -0.160. The first-order valence-corrected chi connectivity index (χ1v) is 7.44. The molecule has 0 atom stereocenters. The van der Waals surface area contributed by atoms with Crippen LogP contribution in [-0.4, -0.2) is 37.5 Å². The number of anilines is 1. The standard InChI is InChI=1S/C14H19Cl2N3O/c1-19-4-2-9(3-5-19)8-18-14(20)10-6-11(15)13(17)12(16)7-10/h6-7,9H,2-5,8,17H2,1H3,(H,18,20). The fraction of sp³-hybridized carbons (Fsp3) is 0.500. The second-order valence-corrected chi connectivity index (χ2v) is 6.12. The Bertz CT molecular complexity index is 476. The highest BCUT2D eigenvalue weighted by Gasteiger charge is 2.18. The third-order valence-corrected chi connectivity index (χ3v) is 4.36. The molecule has 3 N–H and O–H groups in total. The molecule has 1 aromatic rings. The highest BCUT2D eigenvalue weighted by molar-refractivity contribution is 6.39. The molecule has 0 radical (unpaired) electrons. The molecule has 4 nitrogen and oxygen atoms in total. The Morgan fingerprint density at radius 1 is 1.35 bits per heavy atom. The molecule has 0 aromatic heterocycles. The number of carbonyl (C=O) groups is 1. The zero-order chi connectivity index (χ0) is 14.7. The van der Waals surface area contributed by atoms with Crippen molar-refractivity contribution in [2.24, 2.45) is 5.92 Å². The Morgan fingerprint density at radius 2 is 1.90 bits per heavy atom. The van der Waals surface area contributed by atoms with E-state index < -0.39 is 0 Å². The van der Waals surface area contributed by atoms with Gasteiger partial charge in [-0.1, -0.05) is 23.2 Å². The summed E-state index contributed by atoms with van der Waals surface area (Å²) in [5.74, 6) is 0.377. The van der Waals surface area contributed by atoms with Gasteiger partial charge in [0.25, 0.3) is 5.91 Å². The fourth-order valence-electron chi connectivity index (χ4n) is 2.32. The molecule has 1 aromatic carbocycles. The average molecular weight is 316 g/mol. The van der Waals surface area contributed by atoms with Crippen LogP contribution in [0.2, 0.25) is 10.0 Å². The van der Waals surface area contributed by atoms with Gasteiger partial charge in [0.05, 0.1) is 15.7 Å². The summed E-state index contributed by atoms with van der Waals surface area (Å²) in [4.78, 5) is 14.4. The first-order chi connectivity index (χ1) is 9.47. The number of likely N-dealkylation sites (tertiary alicyclic amines) is 1. The van der Waals surface area contributed by atoms with E-state index in [1.54, 1.807) is 12.1 Å². The van der Waals surface area contributed by atoms with Crippen LogP contribution in [-0.2, 0) is 0 Å².